The summed E-state index contributed by atoms with van der Waals surface area (Å²) in [5.41, 5.74) is 1.07. The molecule has 0 bridgehead atoms. The number of hydrogen-bond donors (Lipinski definition) is 3. The normalized spacial score (nSPS) is 13.4. The lowest BCUT2D eigenvalue weighted by Crippen LogP contribution is -2.40. The fourth-order valence-corrected chi connectivity index (χ4v) is 1.97. The molecule has 0 heterocycles. The van der Waals surface area contributed by atoms with E-state index in [0.717, 1.165) is 12.8 Å². The second kappa shape index (κ2) is 6.25. The third-order valence-corrected chi connectivity index (χ3v) is 2.99. The quantitative estimate of drug-likeness (QED) is 0.769. The standard InChI is InChI=1S/C14H17N3O4/c1-9(18)15-10-3-2-4-11(7-10)16-14(21)17(8-13(19)20)12-5-6-12/h2-4,7,12H,5-6,8H2,1H3,(H,15,18)(H,16,21)(H,19,20). The maximum Gasteiger partial charge on any atom is 0.323 e. The van der Waals surface area contributed by atoms with Gasteiger partial charge >= 0.3 is 12.0 Å². The topological polar surface area (TPSA) is 98.7 Å². The molecule has 1 fully saturated rings. The predicted octanol–water partition coefficient (Wildman–Crippen LogP) is 1.73. The van der Waals surface area contributed by atoms with E-state index in [4.69, 9.17) is 5.11 Å². The van der Waals surface area contributed by atoms with Gasteiger partial charge in [0.05, 0.1) is 0 Å². The second-order valence-electron chi connectivity index (χ2n) is 4.94. The molecule has 0 aromatic heterocycles. The summed E-state index contributed by atoms with van der Waals surface area (Å²) in [7, 11) is 0. The SMILES string of the molecule is CC(=O)Nc1cccc(NC(=O)N(CC(=O)O)C2CC2)c1. The largest absolute Gasteiger partial charge is 0.480 e. The molecule has 3 amide bonds. The number of amides is 3. The third kappa shape index (κ3) is 4.48. The minimum Gasteiger partial charge on any atom is -0.480 e. The van der Waals surface area contributed by atoms with E-state index >= 15 is 0 Å². The lowest BCUT2D eigenvalue weighted by Gasteiger charge is -2.20. The number of carbonyl (C=O) groups excluding carboxylic acids is 2. The molecule has 7 heteroatoms. The Morgan fingerprint density at radius 1 is 1.24 bits per heavy atom. The van der Waals surface area contributed by atoms with Crippen LogP contribution in [0.3, 0.4) is 0 Å². The lowest BCUT2D eigenvalue weighted by atomic mass is 10.2. The smallest absolute Gasteiger partial charge is 0.323 e. The van der Waals surface area contributed by atoms with Crippen LogP contribution >= 0.6 is 0 Å². The molecule has 0 radical (unpaired) electrons. The van der Waals surface area contributed by atoms with Crippen LogP contribution in [0.5, 0.6) is 0 Å². The van der Waals surface area contributed by atoms with Crippen LogP contribution in [0, 0.1) is 0 Å². The van der Waals surface area contributed by atoms with E-state index < -0.39 is 12.0 Å². The van der Waals surface area contributed by atoms with Gasteiger partial charge in [-0.15, -0.1) is 0 Å². The van der Waals surface area contributed by atoms with Crippen molar-refractivity contribution in [3.8, 4) is 0 Å². The lowest BCUT2D eigenvalue weighted by molar-refractivity contribution is -0.137. The molecule has 1 saturated carbocycles. The van der Waals surface area contributed by atoms with Crippen LogP contribution in [0.2, 0.25) is 0 Å². The molecule has 0 unspecified atom stereocenters. The fraction of sp³-hybridized carbons (Fsp3) is 0.357. The number of carbonyl (C=O) groups is 3. The van der Waals surface area contributed by atoms with Gasteiger partial charge in [0, 0.05) is 24.3 Å². The van der Waals surface area contributed by atoms with Gasteiger partial charge in [0.2, 0.25) is 5.91 Å². The summed E-state index contributed by atoms with van der Waals surface area (Å²) in [6, 6.07) is 6.24. The number of nitrogens with one attached hydrogen (secondary N) is 2. The van der Waals surface area contributed by atoms with E-state index in [1.807, 2.05) is 0 Å². The fourth-order valence-electron chi connectivity index (χ4n) is 1.97. The minimum atomic E-state index is -1.04. The molecule has 21 heavy (non-hydrogen) atoms. The molecule has 3 N–H and O–H groups in total. The third-order valence-electron chi connectivity index (χ3n) is 2.99. The number of anilines is 2. The van der Waals surface area contributed by atoms with Gasteiger partial charge in [0.15, 0.2) is 0 Å². The van der Waals surface area contributed by atoms with Crippen molar-refractivity contribution in [2.24, 2.45) is 0 Å². The van der Waals surface area contributed by atoms with Crippen LogP contribution in [0.15, 0.2) is 24.3 Å². The number of urea groups is 1. The monoisotopic (exact) mass is 291 g/mol. The average Bonchev–Trinajstić information content (AvgIpc) is 3.19. The summed E-state index contributed by atoms with van der Waals surface area (Å²) in [5.74, 6) is -1.24. The number of carboxylic acid groups (broad SMARTS) is 1. The summed E-state index contributed by atoms with van der Waals surface area (Å²) >= 11 is 0. The van der Waals surface area contributed by atoms with Crippen LogP contribution < -0.4 is 10.6 Å². The molecular formula is C14H17N3O4. The first kappa shape index (κ1) is 14.8. The van der Waals surface area contributed by atoms with Gasteiger partial charge < -0.3 is 20.6 Å². The number of carboxylic acids is 1. The van der Waals surface area contributed by atoms with Crippen molar-refractivity contribution < 1.29 is 19.5 Å². The van der Waals surface area contributed by atoms with E-state index in [0.29, 0.717) is 11.4 Å². The van der Waals surface area contributed by atoms with Crippen molar-refractivity contribution in [1.29, 1.82) is 0 Å². The van der Waals surface area contributed by atoms with Crippen molar-refractivity contribution in [3.05, 3.63) is 24.3 Å². The van der Waals surface area contributed by atoms with Crippen molar-refractivity contribution >= 4 is 29.3 Å². The first-order chi connectivity index (χ1) is 9.95. The highest BCUT2D eigenvalue weighted by Gasteiger charge is 2.33. The van der Waals surface area contributed by atoms with Gasteiger partial charge in [-0.25, -0.2) is 4.79 Å². The molecule has 0 aliphatic heterocycles. The van der Waals surface area contributed by atoms with Crippen LogP contribution in [0.25, 0.3) is 0 Å². The summed E-state index contributed by atoms with van der Waals surface area (Å²) in [6.07, 6.45) is 1.65. The Morgan fingerprint density at radius 3 is 2.38 bits per heavy atom. The highest BCUT2D eigenvalue weighted by Crippen LogP contribution is 2.27. The summed E-state index contributed by atoms with van der Waals surface area (Å²) < 4.78 is 0. The van der Waals surface area contributed by atoms with Gasteiger partial charge in [-0.05, 0) is 31.0 Å². The van der Waals surface area contributed by atoms with Crippen LogP contribution in [-0.4, -0.2) is 40.5 Å². The van der Waals surface area contributed by atoms with Crippen LogP contribution in [0.4, 0.5) is 16.2 Å². The number of rotatable bonds is 5. The molecule has 1 aliphatic rings. The minimum absolute atomic E-state index is 0.000345. The van der Waals surface area contributed by atoms with Crippen molar-refractivity contribution in [2.75, 3.05) is 17.2 Å². The highest BCUT2D eigenvalue weighted by molar-refractivity contribution is 5.93. The number of aliphatic carboxylic acids is 1. The maximum absolute atomic E-state index is 12.1. The first-order valence-electron chi connectivity index (χ1n) is 6.63. The number of benzene rings is 1. The molecule has 1 aromatic rings. The van der Waals surface area contributed by atoms with Gasteiger partial charge in [-0.2, -0.15) is 0 Å². The Labute approximate surface area is 121 Å². The van der Waals surface area contributed by atoms with Crippen LogP contribution in [0.1, 0.15) is 19.8 Å². The van der Waals surface area contributed by atoms with E-state index in [-0.39, 0.29) is 18.5 Å². The summed E-state index contributed by atoms with van der Waals surface area (Å²) in [4.78, 5) is 35.2. The second-order valence-corrected chi connectivity index (χ2v) is 4.94. The van der Waals surface area contributed by atoms with Crippen molar-refractivity contribution in [1.82, 2.24) is 4.90 Å². The first-order valence-corrected chi connectivity index (χ1v) is 6.63. The molecule has 1 aromatic carbocycles. The molecule has 0 spiro atoms. The Balaban J connectivity index is 2.03. The van der Waals surface area contributed by atoms with Gasteiger partial charge in [-0.1, -0.05) is 6.07 Å². The maximum atomic E-state index is 12.1. The Morgan fingerprint density at radius 2 is 1.86 bits per heavy atom. The molecule has 7 nitrogen and oxygen atoms in total. The van der Waals surface area contributed by atoms with Crippen molar-refractivity contribution in [3.63, 3.8) is 0 Å². The Hall–Kier alpha value is -2.57. The van der Waals surface area contributed by atoms with E-state index in [2.05, 4.69) is 10.6 Å². The van der Waals surface area contributed by atoms with Crippen molar-refractivity contribution in [2.45, 2.75) is 25.8 Å². The molecule has 0 saturated heterocycles. The highest BCUT2D eigenvalue weighted by atomic mass is 16.4. The molecule has 1 aliphatic carbocycles. The summed E-state index contributed by atoms with van der Waals surface area (Å²) in [6.45, 7) is 1.08. The molecule has 112 valence electrons. The number of hydrogen-bond acceptors (Lipinski definition) is 3. The van der Waals surface area contributed by atoms with E-state index in [1.54, 1.807) is 24.3 Å². The van der Waals surface area contributed by atoms with E-state index in [1.165, 1.54) is 11.8 Å². The average molecular weight is 291 g/mol. The Bertz CT molecular complexity index is 569. The predicted molar refractivity (Wildman–Crippen MR) is 77.1 cm³/mol. The van der Waals surface area contributed by atoms with Gasteiger partial charge in [-0.3, -0.25) is 9.59 Å². The molecule has 2 rings (SSSR count). The zero-order chi connectivity index (χ0) is 15.4. The van der Waals surface area contributed by atoms with Gasteiger partial charge in [0.1, 0.15) is 6.54 Å². The molecular weight excluding hydrogens is 274 g/mol. The number of nitrogens with zero attached hydrogens (tertiary/aromatic N) is 1. The zero-order valence-electron chi connectivity index (χ0n) is 11.6. The van der Waals surface area contributed by atoms with Crippen LogP contribution in [-0.2, 0) is 9.59 Å². The molecule has 0 atom stereocenters. The van der Waals surface area contributed by atoms with Gasteiger partial charge in [0.25, 0.3) is 0 Å². The zero-order valence-corrected chi connectivity index (χ0v) is 11.6. The summed E-state index contributed by atoms with van der Waals surface area (Å²) in [5, 5.41) is 14.1. The van der Waals surface area contributed by atoms with E-state index in [9.17, 15) is 14.4 Å². The Kier molecular flexibility index (Phi) is 4.42.